The summed E-state index contributed by atoms with van der Waals surface area (Å²) in [5.74, 6) is 0.632. The van der Waals surface area contributed by atoms with E-state index in [0.29, 0.717) is 12.3 Å². The van der Waals surface area contributed by atoms with Crippen LogP contribution < -0.4 is 5.32 Å². The normalized spacial score (nSPS) is 13.2. The second-order valence-corrected chi connectivity index (χ2v) is 3.73. The van der Waals surface area contributed by atoms with Gasteiger partial charge in [-0.3, -0.25) is 0 Å². The number of aliphatic hydroxyl groups is 1. The second-order valence-electron chi connectivity index (χ2n) is 2.75. The van der Waals surface area contributed by atoms with Gasteiger partial charge in [-0.2, -0.15) is 0 Å². The lowest BCUT2D eigenvalue weighted by Gasteiger charge is -2.07. The van der Waals surface area contributed by atoms with Crippen LogP contribution in [-0.4, -0.2) is 45.3 Å². The number of likely N-dealkylation sites (N-methyl/N-ethyl adjacent to an activating group) is 1. The van der Waals surface area contributed by atoms with Crippen molar-refractivity contribution in [2.45, 2.75) is 11.3 Å². The quantitative estimate of drug-likeness (QED) is 0.630. The fraction of sp³-hybridized carbons (Fsp3) is 0.714. The molecule has 0 aliphatic carbocycles. The van der Waals surface area contributed by atoms with Gasteiger partial charge < -0.3 is 15.0 Å². The van der Waals surface area contributed by atoms with Crippen molar-refractivity contribution in [1.82, 2.24) is 20.1 Å². The lowest BCUT2D eigenvalue weighted by molar-refractivity contribution is 0.199. The number of hydrogen-bond donors (Lipinski definition) is 2. The molecule has 0 spiro atoms. The molecule has 1 atom stereocenters. The summed E-state index contributed by atoms with van der Waals surface area (Å²) in [5.41, 5.74) is 0. The topological polar surface area (TPSA) is 63.0 Å². The Kier molecular flexibility index (Phi) is 4.20. The first-order valence-corrected chi connectivity index (χ1v) is 5.02. The molecule has 1 unspecified atom stereocenters. The Bertz CT molecular complexity index is 252. The fourth-order valence-electron chi connectivity index (χ4n) is 0.869. The van der Waals surface area contributed by atoms with Gasteiger partial charge in [-0.05, 0) is 7.05 Å². The third kappa shape index (κ3) is 3.33. The van der Waals surface area contributed by atoms with Crippen molar-refractivity contribution in [2.24, 2.45) is 7.05 Å². The maximum absolute atomic E-state index is 9.40. The van der Waals surface area contributed by atoms with Gasteiger partial charge >= 0.3 is 0 Å². The van der Waals surface area contributed by atoms with E-state index >= 15 is 0 Å². The number of hydrogen-bond acceptors (Lipinski definition) is 5. The molecule has 13 heavy (non-hydrogen) atoms. The Morgan fingerprint density at radius 2 is 2.54 bits per heavy atom. The van der Waals surface area contributed by atoms with Crippen molar-refractivity contribution in [1.29, 1.82) is 0 Å². The Morgan fingerprint density at radius 1 is 1.77 bits per heavy atom. The van der Waals surface area contributed by atoms with E-state index in [1.165, 1.54) is 11.8 Å². The number of thioether (sulfide) groups is 1. The molecule has 2 N–H and O–H groups in total. The average molecular weight is 202 g/mol. The van der Waals surface area contributed by atoms with E-state index in [9.17, 15) is 5.11 Å². The largest absolute Gasteiger partial charge is 0.391 e. The predicted octanol–water partition coefficient (Wildman–Crippen LogP) is -0.513. The van der Waals surface area contributed by atoms with E-state index < -0.39 is 0 Å². The SMILES string of the molecule is CNCC(O)CSc1nncn1C. The molecule has 6 heteroatoms. The lowest BCUT2D eigenvalue weighted by atomic mass is 10.4. The zero-order chi connectivity index (χ0) is 9.68. The van der Waals surface area contributed by atoms with Gasteiger partial charge in [0.2, 0.25) is 0 Å². The van der Waals surface area contributed by atoms with Crippen LogP contribution in [0.15, 0.2) is 11.5 Å². The van der Waals surface area contributed by atoms with Crippen molar-refractivity contribution in [2.75, 3.05) is 19.3 Å². The Hall–Kier alpha value is -0.590. The molecule has 0 amide bonds. The smallest absolute Gasteiger partial charge is 0.190 e. The minimum Gasteiger partial charge on any atom is -0.391 e. The molecule has 1 heterocycles. The van der Waals surface area contributed by atoms with E-state index in [1.54, 1.807) is 6.33 Å². The molecule has 1 aromatic rings. The van der Waals surface area contributed by atoms with Crippen LogP contribution >= 0.6 is 11.8 Å². The van der Waals surface area contributed by atoms with Gasteiger partial charge in [0, 0.05) is 19.3 Å². The van der Waals surface area contributed by atoms with E-state index in [2.05, 4.69) is 15.5 Å². The highest BCUT2D eigenvalue weighted by atomic mass is 32.2. The van der Waals surface area contributed by atoms with Crippen LogP contribution in [0.2, 0.25) is 0 Å². The lowest BCUT2D eigenvalue weighted by Crippen LogP contribution is -2.25. The monoisotopic (exact) mass is 202 g/mol. The molecule has 0 fully saturated rings. The van der Waals surface area contributed by atoms with Crippen molar-refractivity contribution < 1.29 is 5.11 Å². The maximum atomic E-state index is 9.40. The number of aryl methyl sites for hydroxylation is 1. The summed E-state index contributed by atoms with van der Waals surface area (Å²) in [6.07, 6.45) is 1.30. The minimum atomic E-state index is -0.341. The Morgan fingerprint density at radius 3 is 3.08 bits per heavy atom. The summed E-state index contributed by atoms with van der Waals surface area (Å²) in [6, 6.07) is 0. The predicted molar refractivity (Wildman–Crippen MR) is 51.7 cm³/mol. The van der Waals surface area contributed by atoms with Gasteiger partial charge in [-0.25, -0.2) is 0 Å². The summed E-state index contributed by atoms with van der Waals surface area (Å²) in [4.78, 5) is 0. The van der Waals surface area contributed by atoms with Crippen LogP contribution in [0.5, 0.6) is 0 Å². The first-order chi connectivity index (χ1) is 6.24. The minimum absolute atomic E-state index is 0.341. The van der Waals surface area contributed by atoms with Crippen molar-refractivity contribution in [3.05, 3.63) is 6.33 Å². The van der Waals surface area contributed by atoms with Crippen LogP contribution in [0.1, 0.15) is 0 Å². The van der Waals surface area contributed by atoms with Crippen molar-refractivity contribution >= 4 is 11.8 Å². The third-order valence-electron chi connectivity index (χ3n) is 1.51. The molecule has 0 aliphatic heterocycles. The van der Waals surface area contributed by atoms with E-state index in [0.717, 1.165) is 5.16 Å². The van der Waals surface area contributed by atoms with Gasteiger partial charge in [0.15, 0.2) is 5.16 Å². The summed E-state index contributed by atoms with van der Waals surface area (Å²) in [5, 5.41) is 20.8. The van der Waals surface area contributed by atoms with Gasteiger partial charge in [0.25, 0.3) is 0 Å². The van der Waals surface area contributed by atoms with E-state index in [1.807, 2.05) is 18.7 Å². The van der Waals surface area contributed by atoms with Gasteiger partial charge in [-0.15, -0.1) is 10.2 Å². The molecule has 5 nitrogen and oxygen atoms in total. The highest BCUT2D eigenvalue weighted by Gasteiger charge is 2.06. The van der Waals surface area contributed by atoms with Crippen LogP contribution in [0.3, 0.4) is 0 Å². The first-order valence-electron chi connectivity index (χ1n) is 4.03. The molecule has 0 radical (unpaired) electrons. The fourth-order valence-corrected chi connectivity index (χ4v) is 1.68. The number of nitrogens with one attached hydrogen (secondary N) is 1. The second kappa shape index (κ2) is 5.21. The van der Waals surface area contributed by atoms with Crippen molar-refractivity contribution in [3.63, 3.8) is 0 Å². The van der Waals surface area contributed by atoms with E-state index in [4.69, 9.17) is 0 Å². The molecule has 0 aliphatic rings. The van der Waals surface area contributed by atoms with Crippen LogP contribution in [0, 0.1) is 0 Å². The number of aromatic nitrogens is 3. The standard InChI is InChI=1S/C7H14N4OS/c1-8-3-6(12)4-13-7-10-9-5-11(7)2/h5-6,8,12H,3-4H2,1-2H3. The van der Waals surface area contributed by atoms with Crippen LogP contribution in [0.25, 0.3) is 0 Å². The number of aliphatic hydroxyl groups excluding tert-OH is 1. The summed E-state index contributed by atoms with van der Waals surface area (Å²) < 4.78 is 1.83. The first kappa shape index (κ1) is 10.5. The van der Waals surface area contributed by atoms with Gasteiger partial charge in [0.1, 0.15) is 6.33 Å². The van der Waals surface area contributed by atoms with Crippen LogP contribution in [-0.2, 0) is 7.05 Å². The molecule has 0 bridgehead atoms. The highest BCUT2D eigenvalue weighted by molar-refractivity contribution is 7.99. The zero-order valence-corrected chi connectivity index (χ0v) is 8.58. The summed E-state index contributed by atoms with van der Waals surface area (Å²) in [7, 11) is 3.70. The molecule has 0 saturated carbocycles. The number of rotatable bonds is 5. The molecule has 1 rings (SSSR count). The molecule has 0 aromatic carbocycles. The Labute approximate surface area is 81.6 Å². The summed E-state index contributed by atoms with van der Waals surface area (Å²) >= 11 is 1.50. The molecule has 74 valence electrons. The summed E-state index contributed by atoms with van der Waals surface area (Å²) in [6.45, 7) is 0.602. The highest BCUT2D eigenvalue weighted by Crippen LogP contribution is 2.13. The van der Waals surface area contributed by atoms with Gasteiger partial charge in [0.05, 0.1) is 6.10 Å². The van der Waals surface area contributed by atoms with Crippen molar-refractivity contribution in [3.8, 4) is 0 Å². The van der Waals surface area contributed by atoms with E-state index in [-0.39, 0.29) is 6.10 Å². The maximum Gasteiger partial charge on any atom is 0.190 e. The molecule has 0 saturated heterocycles. The Balaban J connectivity index is 2.30. The molecular weight excluding hydrogens is 188 g/mol. The van der Waals surface area contributed by atoms with Crippen LogP contribution in [0.4, 0.5) is 0 Å². The molecular formula is C7H14N4OS. The zero-order valence-electron chi connectivity index (χ0n) is 7.77. The average Bonchev–Trinajstić information content (AvgIpc) is 2.48. The third-order valence-corrected chi connectivity index (χ3v) is 2.69. The number of nitrogens with zero attached hydrogens (tertiary/aromatic N) is 3. The molecule has 1 aromatic heterocycles. The van der Waals surface area contributed by atoms with Gasteiger partial charge in [-0.1, -0.05) is 11.8 Å².